The molecule has 6 nitrogen and oxygen atoms in total. The molecule has 1 amide bonds. The number of para-hydroxylation sites is 3. The maximum Gasteiger partial charge on any atom is 0.242 e. The lowest BCUT2D eigenvalue weighted by atomic mass is 10.1. The largest absolute Gasteiger partial charge is 0.485 e. The van der Waals surface area contributed by atoms with Gasteiger partial charge in [-0.2, -0.15) is 0 Å². The lowest BCUT2D eigenvalue weighted by Gasteiger charge is -2.30. The van der Waals surface area contributed by atoms with Crippen molar-refractivity contribution in [1.29, 1.82) is 0 Å². The maximum absolute atomic E-state index is 13.6. The first-order chi connectivity index (χ1) is 17.6. The molecule has 0 bridgehead atoms. The van der Waals surface area contributed by atoms with Crippen LogP contribution >= 0.6 is 23.5 Å². The molecule has 8 heteroatoms. The van der Waals surface area contributed by atoms with Crippen molar-refractivity contribution in [3.63, 3.8) is 0 Å². The molecule has 3 aromatic carbocycles. The summed E-state index contributed by atoms with van der Waals surface area (Å²) in [6.45, 7) is 8.74. The van der Waals surface area contributed by atoms with E-state index in [2.05, 4.69) is 16.8 Å². The molecule has 1 aromatic heterocycles. The van der Waals surface area contributed by atoms with Gasteiger partial charge in [0.05, 0.1) is 17.1 Å². The molecule has 0 N–H and O–H groups in total. The molecule has 0 aliphatic carbocycles. The van der Waals surface area contributed by atoms with Crippen LogP contribution < -0.4 is 9.64 Å². The fourth-order valence-electron chi connectivity index (χ4n) is 4.17. The van der Waals surface area contributed by atoms with Crippen LogP contribution in [0.15, 0.2) is 94.3 Å². The number of hydrogen-bond acceptors (Lipinski definition) is 6. The number of benzene rings is 3. The van der Waals surface area contributed by atoms with E-state index in [9.17, 15) is 4.79 Å². The third-order valence-electron chi connectivity index (χ3n) is 5.87. The van der Waals surface area contributed by atoms with Crippen LogP contribution in [-0.4, -0.2) is 26.4 Å². The summed E-state index contributed by atoms with van der Waals surface area (Å²) in [5.74, 6) is 1.76. The zero-order chi connectivity index (χ0) is 25.1. The zero-order valence-corrected chi connectivity index (χ0v) is 21.8. The molecular weight excluding hydrogens is 488 g/mol. The number of nitrogens with zero attached hydrogens (tertiary/aromatic N) is 4. The number of fused-ring (bicyclic) bond motifs is 2. The zero-order valence-electron chi connectivity index (χ0n) is 20.2. The van der Waals surface area contributed by atoms with E-state index in [-0.39, 0.29) is 18.3 Å². The Hall–Kier alpha value is -3.49. The molecule has 0 radical (unpaired) electrons. The van der Waals surface area contributed by atoms with Gasteiger partial charge in [0.2, 0.25) is 5.91 Å². The van der Waals surface area contributed by atoms with Gasteiger partial charge in [-0.15, -0.1) is 16.8 Å². The van der Waals surface area contributed by atoms with E-state index in [1.807, 2.05) is 90.0 Å². The molecule has 1 aliphatic heterocycles. The Morgan fingerprint density at radius 2 is 1.61 bits per heavy atom. The summed E-state index contributed by atoms with van der Waals surface area (Å²) in [5, 5.41) is 9.40. The second kappa shape index (κ2) is 10.6. The van der Waals surface area contributed by atoms with Gasteiger partial charge in [-0.1, -0.05) is 72.1 Å². The molecule has 5 rings (SSSR count). The van der Waals surface area contributed by atoms with Crippen molar-refractivity contribution in [2.45, 2.75) is 41.9 Å². The highest BCUT2D eigenvalue weighted by Gasteiger charge is 2.28. The van der Waals surface area contributed by atoms with Crippen molar-refractivity contribution in [3.8, 4) is 5.75 Å². The molecule has 4 aromatic rings. The first kappa shape index (κ1) is 24.2. The highest BCUT2D eigenvalue weighted by molar-refractivity contribution is 8.00. The van der Waals surface area contributed by atoms with Gasteiger partial charge in [0, 0.05) is 16.3 Å². The monoisotopic (exact) mass is 514 g/mol. The molecule has 182 valence electrons. The Morgan fingerprint density at radius 3 is 2.25 bits per heavy atom. The van der Waals surface area contributed by atoms with Crippen LogP contribution in [0.4, 0.5) is 11.4 Å². The van der Waals surface area contributed by atoms with Gasteiger partial charge in [0.1, 0.15) is 12.4 Å². The van der Waals surface area contributed by atoms with Crippen LogP contribution in [-0.2, 0) is 17.9 Å². The van der Waals surface area contributed by atoms with Crippen molar-refractivity contribution in [3.05, 3.63) is 96.3 Å². The summed E-state index contributed by atoms with van der Waals surface area (Å²) in [7, 11) is 0. The van der Waals surface area contributed by atoms with E-state index in [1.165, 1.54) is 11.8 Å². The van der Waals surface area contributed by atoms with E-state index in [0.717, 1.165) is 38.0 Å². The predicted octanol–water partition coefficient (Wildman–Crippen LogP) is 6.58. The minimum Gasteiger partial charge on any atom is -0.485 e. The number of rotatable bonds is 8. The number of anilines is 2. The van der Waals surface area contributed by atoms with Crippen LogP contribution in [0.1, 0.15) is 17.0 Å². The van der Waals surface area contributed by atoms with Gasteiger partial charge < -0.3 is 4.74 Å². The second-order valence-corrected chi connectivity index (χ2v) is 10.4. The third-order valence-corrected chi connectivity index (χ3v) is 7.95. The van der Waals surface area contributed by atoms with Crippen molar-refractivity contribution < 1.29 is 9.53 Å². The number of carbonyl (C=O) groups is 1. The number of ether oxygens (including phenoxy) is 1. The molecular formula is C28H26N4O2S2. The average Bonchev–Trinajstić information content (AvgIpc) is 3.27. The van der Waals surface area contributed by atoms with Gasteiger partial charge >= 0.3 is 0 Å². The van der Waals surface area contributed by atoms with E-state index in [1.54, 1.807) is 17.8 Å². The number of aryl methyl sites for hydroxylation is 2. The Morgan fingerprint density at radius 1 is 0.972 bits per heavy atom. The molecule has 36 heavy (non-hydrogen) atoms. The number of allylic oxidation sites excluding steroid dienone is 1. The van der Waals surface area contributed by atoms with Crippen molar-refractivity contribution in [2.24, 2.45) is 0 Å². The van der Waals surface area contributed by atoms with Gasteiger partial charge in [-0.05, 0) is 49.2 Å². The van der Waals surface area contributed by atoms with Crippen LogP contribution in [0.25, 0.3) is 0 Å². The minimum absolute atomic E-state index is 0.0123. The maximum atomic E-state index is 13.6. The fourth-order valence-corrected chi connectivity index (χ4v) is 6.05. The predicted molar refractivity (Wildman–Crippen MR) is 145 cm³/mol. The van der Waals surface area contributed by atoms with Gasteiger partial charge in [0.25, 0.3) is 0 Å². The summed E-state index contributed by atoms with van der Waals surface area (Å²) in [6.07, 6.45) is 1.80. The molecule has 0 saturated heterocycles. The summed E-state index contributed by atoms with van der Waals surface area (Å²) < 4.78 is 8.06. The quantitative estimate of drug-likeness (QED) is 0.195. The number of amides is 1. The normalized spacial score (nSPS) is 12.1. The fraction of sp³-hybridized carbons (Fsp3) is 0.179. The summed E-state index contributed by atoms with van der Waals surface area (Å²) in [4.78, 5) is 17.5. The Labute approximate surface area is 219 Å². The average molecular weight is 515 g/mol. The highest BCUT2D eigenvalue weighted by atomic mass is 32.2. The van der Waals surface area contributed by atoms with E-state index < -0.39 is 0 Å². The molecule has 0 fully saturated rings. The van der Waals surface area contributed by atoms with E-state index >= 15 is 0 Å². The van der Waals surface area contributed by atoms with Crippen LogP contribution in [0.3, 0.4) is 0 Å². The lowest BCUT2D eigenvalue weighted by Crippen LogP contribution is -2.30. The number of carbonyl (C=O) groups excluding carboxylic acids is 1. The molecule has 0 atom stereocenters. The topological polar surface area (TPSA) is 60.2 Å². The number of hydrogen-bond donors (Lipinski definition) is 0. The lowest BCUT2D eigenvalue weighted by molar-refractivity contribution is -0.115. The molecule has 0 saturated carbocycles. The standard InChI is InChI=1S/C28H26N4O2S2/c1-4-16-31-25(17-34-27-19(2)10-9-11-20(27)3)29-30-28(31)35-18-26(33)32-21-12-5-7-14-23(21)36-24-15-8-6-13-22(24)32/h4-15H,1,16-18H2,2-3H3. The smallest absolute Gasteiger partial charge is 0.242 e. The number of thioether (sulfide) groups is 1. The van der Waals surface area contributed by atoms with Crippen molar-refractivity contribution in [2.75, 3.05) is 10.7 Å². The van der Waals surface area contributed by atoms with E-state index in [4.69, 9.17) is 4.74 Å². The van der Waals surface area contributed by atoms with Gasteiger partial charge in [-0.25, -0.2) is 0 Å². The SMILES string of the molecule is C=CCn1c(COc2c(C)cccc2C)nnc1SCC(=O)N1c2ccccc2Sc2ccccc21. The molecule has 2 heterocycles. The van der Waals surface area contributed by atoms with Crippen molar-refractivity contribution >= 4 is 40.8 Å². The van der Waals surface area contributed by atoms with Gasteiger partial charge in [0.15, 0.2) is 11.0 Å². The third kappa shape index (κ3) is 4.79. The van der Waals surface area contributed by atoms with Crippen LogP contribution in [0.5, 0.6) is 5.75 Å². The number of aromatic nitrogens is 3. The highest BCUT2D eigenvalue weighted by Crippen LogP contribution is 2.48. The van der Waals surface area contributed by atoms with Crippen molar-refractivity contribution in [1.82, 2.24) is 14.8 Å². The van der Waals surface area contributed by atoms with E-state index in [0.29, 0.717) is 17.5 Å². The second-order valence-electron chi connectivity index (χ2n) is 8.36. The Balaban J connectivity index is 1.35. The van der Waals surface area contributed by atoms with Crippen LogP contribution in [0.2, 0.25) is 0 Å². The minimum atomic E-state index is -0.0123. The summed E-state index contributed by atoms with van der Waals surface area (Å²) in [6, 6.07) is 22.1. The molecule has 0 unspecified atom stereocenters. The Kier molecular flexibility index (Phi) is 7.16. The summed E-state index contributed by atoms with van der Waals surface area (Å²) in [5.41, 5.74) is 3.96. The Bertz CT molecular complexity index is 1370. The molecule has 1 aliphatic rings. The van der Waals surface area contributed by atoms with Crippen LogP contribution in [0, 0.1) is 13.8 Å². The first-order valence-corrected chi connectivity index (χ1v) is 13.4. The first-order valence-electron chi connectivity index (χ1n) is 11.6. The summed E-state index contributed by atoms with van der Waals surface area (Å²) >= 11 is 3.06. The van der Waals surface area contributed by atoms with Gasteiger partial charge in [-0.3, -0.25) is 14.3 Å². The molecule has 0 spiro atoms.